The lowest BCUT2D eigenvalue weighted by Gasteiger charge is -2.36. The van der Waals surface area contributed by atoms with Gasteiger partial charge in [0.15, 0.2) is 5.79 Å². The normalized spacial score (nSPS) is 39.7. The number of nitrogens with one attached hydrogen (secondary N) is 1. The number of fused-ring (bicyclic) bond motifs is 1. The molecule has 1 fully saturated rings. The Hall–Kier alpha value is -1.44. The zero-order valence-corrected chi connectivity index (χ0v) is 10.9. The maximum Gasteiger partial charge on any atom is 0.342 e. The Morgan fingerprint density at radius 2 is 1.95 bits per heavy atom. The summed E-state index contributed by atoms with van der Waals surface area (Å²) in [6, 6.07) is -0.538. The third-order valence-electron chi connectivity index (χ3n) is 3.19. The van der Waals surface area contributed by atoms with Gasteiger partial charge in [-0.2, -0.15) is 0 Å². The minimum atomic E-state index is -2.16. The molecule has 0 bridgehead atoms. The van der Waals surface area contributed by atoms with E-state index < -0.39 is 35.6 Å². The minimum absolute atomic E-state index is 0.275. The molecule has 7 heteroatoms. The first-order chi connectivity index (χ1) is 8.66. The summed E-state index contributed by atoms with van der Waals surface area (Å²) < 4.78 is 11.1. The maximum absolute atomic E-state index is 11.2. The summed E-state index contributed by atoms with van der Waals surface area (Å²) in [7, 11) is 0. The summed E-state index contributed by atoms with van der Waals surface area (Å²) in [6.07, 6.45) is 0.704. The van der Waals surface area contributed by atoms with Crippen LogP contribution in [0.15, 0.2) is 12.2 Å². The largest absolute Gasteiger partial charge is 0.479 e. The van der Waals surface area contributed by atoms with Gasteiger partial charge in [-0.15, -0.1) is 0 Å². The van der Waals surface area contributed by atoms with Crippen molar-refractivity contribution in [2.24, 2.45) is 0 Å². The molecular formula is C12H17NO6. The van der Waals surface area contributed by atoms with Crippen LogP contribution in [0.4, 0.5) is 0 Å². The number of amides is 1. The molecule has 1 amide bonds. The smallest absolute Gasteiger partial charge is 0.342 e. The van der Waals surface area contributed by atoms with Gasteiger partial charge in [0.05, 0.1) is 6.04 Å². The van der Waals surface area contributed by atoms with Gasteiger partial charge in [-0.05, 0) is 19.9 Å². The van der Waals surface area contributed by atoms with Crippen molar-refractivity contribution in [2.45, 2.75) is 50.4 Å². The van der Waals surface area contributed by atoms with Gasteiger partial charge < -0.3 is 25.0 Å². The van der Waals surface area contributed by atoms with Crippen LogP contribution in [-0.4, -0.2) is 51.7 Å². The average Bonchev–Trinajstić information content (AvgIpc) is 2.59. The number of hydrogen-bond acceptors (Lipinski definition) is 5. The Balaban J connectivity index is 2.36. The highest BCUT2D eigenvalue weighted by Gasteiger charge is 2.59. The highest BCUT2D eigenvalue weighted by atomic mass is 16.8. The SMILES string of the molecule is CC(=O)N[C@@H]1C=C[C@](O)(C(=O)O)[C@@H]2OC(C)(C)O[C@H]21. The first-order valence-electron chi connectivity index (χ1n) is 5.93. The molecule has 0 saturated carbocycles. The summed E-state index contributed by atoms with van der Waals surface area (Å²) >= 11 is 0. The number of aliphatic carboxylic acids is 1. The second-order valence-electron chi connectivity index (χ2n) is 5.24. The molecule has 1 aliphatic heterocycles. The third-order valence-corrected chi connectivity index (χ3v) is 3.19. The molecule has 0 spiro atoms. The summed E-state index contributed by atoms with van der Waals surface area (Å²) in [5.41, 5.74) is -2.16. The quantitative estimate of drug-likeness (QED) is 0.579. The second kappa shape index (κ2) is 4.29. The van der Waals surface area contributed by atoms with E-state index in [0.717, 1.165) is 6.08 Å². The van der Waals surface area contributed by atoms with Gasteiger partial charge in [0, 0.05) is 6.92 Å². The number of carbonyl (C=O) groups excluding carboxylic acids is 1. The maximum atomic E-state index is 11.2. The van der Waals surface area contributed by atoms with Crippen molar-refractivity contribution in [3.63, 3.8) is 0 Å². The van der Waals surface area contributed by atoms with Crippen molar-refractivity contribution in [3.8, 4) is 0 Å². The molecule has 0 aromatic carbocycles. The molecule has 0 aromatic heterocycles. The monoisotopic (exact) mass is 271 g/mol. The van der Waals surface area contributed by atoms with Crippen LogP contribution in [0.1, 0.15) is 20.8 Å². The van der Waals surface area contributed by atoms with Crippen LogP contribution in [0.25, 0.3) is 0 Å². The molecule has 3 N–H and O–H groups in total. The number of carbonyl (C=O) groups is 2. The Labute approximate surface area is 110 Å². The molecule has 106 valence electrons. The summed E-state index contributed by atoms with van der Waals surface area (Å²) in [5.74, 6) is -2.72. The lowest BCUT2D eigenvalue weighted by atomic mass is 9.83. The van der Waals surface area contributed by atoms with Gasteiger partial charge in [-0.25, -0.2) is 4.79 Å². The van der Waals surface area contributed by atoms with E-state index in [1.54, 1.807) is 13.8 Å². The molecule has 2 rings (SSSR count). The van der Waals surface area contributed by atoms with Crippen molar-refractivity contribution >= 4 is 11.9 Å². The molecule has 0 unspecified atom stereocenters. The predicted octanol–water partition coefficient (Wildman–Crippen LogP) is -0.603. The van der Waals surface area contributed by atoms with E-state index >= 15 is 0 Å². The second-order valence-corrected chi connectivity index (χ2v) is 5.24. The highest BCUT2D eigenvalue weighted by molar-refractivity contribution is 5.82. The Bertz CT molecular complexity index is 446. The van der Waals surface area contributed by atoms with E-state index in [-0.39, 0.29) is 5.91 Å². The van der Waals surface area contributed by atoms with Crippen LogP contribution < -0.4 is 5.32 Å². The van der Waals surface area contributed by atoms with E-state index in [1.807, 2.05) is 0 Å². The van der Waals surface area contributed by atoms with Crippen molar-refractivity contribution in [2.75, 3.05) is 0 Å². The van der Waals surface area contributed by atoms with Crippen LogP contribution in [0.3, 0.4) is 0 Å². The summed E-state index contributed by atoms with van der Waals surface area (Å²) in [6.45, 7) is 4.60. The fourth-order valence-corrected chi connectivity index (χ4v) is 2.40. The number of carboxylic acid groups (broad SMARTS) is 1. The summed E-state index contributed by atoms with van der Waals surface area (Å²) in [4.78, 5) is 22.4. The average molecular weight is 271 g/mol. The van der Waals surface area contributed by atoms with Gasteiger partial charge in [0.2, 0.25) is 11.5 Å². The number of hydrogen-bond donors (Lipinski definition) is 3. The number of rotatable bonds is 2. The van der Waals surface area contributed by atoms with Crippen LogP contribution >= 0.6 is 0 Å². The molecule has 19 heavy (non-hydrogen) atoms. The lowest BCUT2D eigenvalue weighted by molar-refractivity contribution is -0.180. The molecular weight excluding hydrogens is 254 g/mol. The zero-order chi connectivity index (χ0) is 14.4. The number of ether oxygens (including phenoxy) is 2. The number of aliphatic hydroxyl groups is 1. The van der Waals surface area contributed by atoms with Crippen molar-refractivity contribution in [3.05, 3.63) is 12.2 Å². The molecule has 1 saturated heterocycles. The molecule has 0 radical (unpaired) electrons. The van der Waals surface area contributed by atoms with Gasteiger partial charge in [0.1, 0.15) is 12.2 Å². The number of carboxylic acids is 1. The Morgan fingerprint density at radius 1 is 1.32 bits per heavy atom. The van der Waals surface area contributed by atoms with E-state index in [4.69, 9.17) is 14.6 Å². The standard InChI is InChI=1S/C12H17NO6/c1-6(14)13-7-4-5-12(17,10(15)16)9-8(7)18-11(2,3)19-9/h4-5,7-9,17H,1-3H3,(H,13,14)(H,15,16)/t7-,8+,9-,12-/m1/s1. The van der Waals surface area contributed by atoms with E-state index in [9.17, 15) is 14.7 Å². The van der Waals surface area contributed by atoms with E-state index in [1.165, 1.54) is 13.0 Å². The highest BCUT2D eigenvalue weighted by Crippen LogP contribution is 2.39. The Kier molecular flexibility index (Phi) is 3.16. The van der Waals surface area contributed by atoms with Gasteiger partial charge >= 0.3 is 5.97 Å². The van der Waals surface area contributed by atoms with Gasteiger partial charge in [-0.3, -0.25) is 4.79 Å². The van der Waals surface area contributed by atoms with Crippen LogP contribution in [-0.2, 0) is 19.1 Å². The van der Waals surface area contributed by atoms with Gasteiger partial charge in [-0.1, -0.05) is 6.08 Å². The van der Waals surface area contributed by atoms with Gasteiger partial charge in [0.25, 0.3) is 0 Å². The molecule has 2 aliphatic rings. The predicted molar refractivity (Wildman–Crippen MR) is 63.2 cm³/mol. The third kappa shape index (κ3) is 2.36. The summed E-state index contributed by atoms with van der Waals surface area (Å²) in [5, 5.41) is 22.0. The van der Waals surface area contributed by atoms with E-state index in [2.05, 4.69) is 5.32 Å². The first-order valence-corrected chi connectivity index (χ1v) is 5.93. The fourth-order valence-electron chi connectivity index (χ4n) is 2.40. The Morgan fingerprint density at radius 3 is 2.47 bits per heavy atom. The van der Waals surface area contributed by atoms with Crippen molar-refractivity contribution < 1.29 is 29.3 Å². The molecule has 7 nitrogen and oxygen atoms in total. The molecule has 1 aliphatic carbocycles. The topological polar surface area (TPSA) is 105 Å². The van der Waals surface area contributed by atoms with Crippen molar-refractivity contribution in [1.82, 2.24) is 5.32 Å². The van der Waals surface area contributed by atoms with E-state index in [0.29, 0.717) is 0 Å². The molecule has 1 heterocycles. The minimum Gasteiger partial charge on any atom is -0.479 e. The van der Waals surface area contributed by atoms with Crippen molar-refractivity contribution in [1.29, 1.82) is 0 Å². The van der Waals surface area contributed by atoms with Crippen LogP contribution in [0.2, 0.25) is 0 Å². The zero-order valence-electron chi connectivity index (χ0n) is 10.9. The lowest BCUT2D eigenvalue weighted by Crippen LogP contribution is -2.60. The van der Waals surface area contributed by atoms with Crippen LogP contribution in [0, 0.1) is 0 Å². The fraction of sp³-hybridized carbons (Fsp3) is 0.667. The molecule has 0 aromatic rings. The van der Waals surface area contributed by atoms with Crippen LogP contribution in [0.5, 0.6) is 0 Å². The first kappa shape index (κ1) is 14.0. The molecule has 4 atom stereocenters.